The number of aliphatic hydroxyl groups is 1. The van der Waals surface area contributed by atoms with Gasteiger partial charge in [-0.15, -0.1) is 0 Å². The molecule has 5 N–H and O–H groups in total. The van der Waals surface area contributed by atoms with Crippen molar-refractivity contribution in [3.8, 4) is 33.8 Å². The second kappa shape index (κ2) is 30.0. The predicted molar refractivity (Wildman–Crippen MR) is 364 cm³/mol. The lowest BCUT2D eigenvalue weighted by Crippen LogP contribution is -2.43. The molecular weight excluding hydrogens is 1150 g/mol. The summed E-state index contributed by atoms with van der Waals surface area (Å²) >= 11 is 0. The van der Waals surface area contributed by atoms with E-state index in [1.807, 2.05) is 126 Å². The maximum Gasteiger partial charge on any atom is 0.276 e. The summed E-state index contributed by atoms with van der Waals surface area (Å²) in [5, 5.41) is 21.3. The number of hydrogen-bond donors (Lipinski definition) is 5. The predicted octanol–water partition coefficient (Wildman–Crippen LogP) is 12.1. The standard InChI is InChI=1S/C25H27N5O2.C23H22N4O3.C23H22N4O2.7H2/c1-17-23(25(32)28-20-6-4-3-5-7-20)29-22(16-26-17)18-8-10-19(11-9-18)24(31)27-21-12-14-30(2)15-13-21;1-15-21(22(29)25-18-8-3-2-4-9-18)26-20(13-24-15)16-6-5-7-17(12-16)23(30)27-11-10-19(28)14-27;1-16-21(22(28)25-19-10-3-2-4-11-19)26-20(15-24-16)17-8-7-9-18(14-17)23(29)27-12-5-6-13-27;;;;;;;/h3-11,16,21H,12-15H2,1-2H3,(H,27,31)(H,28,32);2-9,12-13,19,28H,10-11,14H2,1H3,(H,25,29);2-4,7-11,14-15H,5-6,12-13H2,1H3,(H,25,28);7*1H. The van der Waals surface area contributed by atoms with Crippen molar-refractivity contribution in [1.29, 1.82) is 0 Å². The number of likely N-dealkylation sites (tertiary alicyclic amines) is 3. The van der Waals surface area contributed by atoms with E-state index in [-0.39, 0.29) is 68.6 Å². The van der Waals surface area contributed by atoms with Crippen LogP contribution in [0, 0.1) is 20.8 Å². The summed E-state index contributed by atoms with van der Waals surface area (Å²) in [5.74, 6) is -1.12. The van der Waals surface area contributed by atoms with Crippen LogP contribution in [0.2, 0.25) is 0 Å². The van der Waals surface area contributed by atoms with Gasteiger partial charge in [-0.2, -0.15) is 0 Å². The fourth-order valence-electron chi connectivity index (χ4n) is 10.6. The van der Waals surface area contributed by atoms with Crippen molar-refractivity contribution in [2.45, 2.75) is 65.0 Å². The van der Waals surface area contributed by atoms with Crippen molar-refractivity contribution in [2.75, 3.05) is 62.3 Å². The highest BCUT2D eigenvalue weighted by Gasteiger charge is 2.27. The van der Waals surface area contributed by atoms with Crippen LogP contribution >= 0.6 is 0 Å². The molecule has 20 heteroatoms. The average Bonchev–Trinajstić information content (AvgIpc) is 1.01. The molecule has 20 nitrogen and oxygen atoms in total. The molecule has 1 unspecified atom stereocenters. The first kappa shape index (κ1) is 63.3. The summed E-state index contributed by atoms with van der Waals surface area (Å²) in [7, 11) is 2.10. The van der Waals surface area contributed by atoms with Gasteiger partial charge in [-0.3, -0.25) is 43.7 Å². The molecule has 91 heavy (non-hydrogen) atoms. The Morgan fingerprint density at radius 3 is 1.25 bits per heavy atom. The third-order valence-corrected chi connectivity index (χ3v) is 15.8. The molecule has 9 aromatic rings. The second-order valence-electron chi connectivity index (χ2n) is 22.5. The minimum Gasteiger partial charge on any atom is -0.391 e. The Morgan fingerprint density at radius 1 is 0.440 bits per heavy atom. The summed E-state index contributed by atoms with van der Waals surface area (Å²) in [6.07, 6.45) is 9.03. The van der Waals surface area contributed by atoms with Crippen LogP contribution in [0.3, 0.4) is 0 Å². The summed E-state index contributed by atoms with van der Waals surface area (Å²) in [5.41, 5.74) is 10.1. The molecule has 3 aliphatic rings. The summed E-state index contributed by atoms with van der Waals surface area (Å²) in [6, 6.07) is 49.5. The fraction of sp³-hybridized carbons (Fsp3) is 0.239. The van der Waals surface area contributed by atoms with E-state index in [4.69, 9.17) is 0 Å². The van der Waals surface area contributed by atoms with Crippen molar-refractivity contribution < 1.29 is 43.9 Å². The van der Waals surface area contributed by atoms with Crippen molar-refractivity contribution in [2.24, 2.45) is 0 Å². The highest BCUT2D eigenvalue weighted by Crippen LogP contribution is 2.26. The lowest BCUT2D eigenvalue weighted by molar-refractivity contribution is 0.0763. The Balaban J connectivity index is 0.000000370. The number of para-hydroxylation sites is 3. The van der Waals surface area contributed by atoms with Crippen molar-refractivity contribution >= 4 is 52.5 Å². The van der Waals surface area contributed by atoms with Crippen LogP contribution in [0.15, 0.2) is 182 Å². The topological polar surface area (TPSA) is 258 Å². The number of aromatic nitrogens is 6. The van der Waals surface area contributed by atoms with Crippen LogP contribution in [-0.2, 0) is 0 Å². The lowest BCUT2D eigenvalue weighted by Gasteiger charge is -2.29. The van der Waals surface area contributed by atoms with Crippen LogP contribution in [0.5, 0.6) is 0 Å². The number of aliphatic hydroxyl groups excluding tert-OH is 1. The van der Waals surface area contributed by atoms with Gasteiger partial charge in [0, 0.05) is 92.7 Å². The van der Waals surface area contributed by atoms with Crippen molar-refractivity contribution in [3.05, 3.63) is 233 Å². The number of rotatable bonds is 13. The van der Waals surface area contributed by atoms with Gasteiger partial charge in [0.2, 0.25) is 0 Å². The van der Waals surface area contributed by atoms with Crippen LogP contribution in [-0.4, -0.2) is 144 Å². The molecule has 0 bridgehead atoms. The zero-order chi connectivity index (χ0) is 63.8. The number of piperidine rings is 1. The Morgan fingerprint density at radius 2 is 0.846 bits per heavy atom. The molecule has 12 rings (SSSR count). The molecule has 0 aliphatic carbocycles. The van der Waals surface area contributed by atoms with E-state index in [1.165, 1.54) is 0 Å². The number of benzene rings is 6. The number of anilines is 3. The van der Waals surface area contributed by atoms with E-state index in [2.05, 4.69) is 63.1 Å². The first-order chi connectivity index (χ1) is 44.1. The van der Waals surface area contributed by atoms with Crippen molar-refractivity contribution in [1.82, 2.24) is 49.9 Å². The Bertz CT molecular complexity index is 4090. The number of nitrogens with zero attached hydrogens (tertiary/aromatic N) is 9. The molecule has 3 saturated heterocycles. The monoisotopic (exact) mass is 1230 g/mol. The van der Waals surface area contributed by atoms with E-state index >= 15 is 0 Å². The SMILES string of the molecule is Cc1ncc(-c2ccc(C(=O)NC3CCN(C)CC3)cc2)nc1C(=O)Nc1ccccc1.Cc1ncc(-c2cccc(C(=O)N3CCC(O)C3)c2)nc1C(=O)Nc1ccccc1.Cc1ncc(-c2cccc(C(=O)N3CCCC3)c2)nc1C(=O)Nc1ccccc1.[HH].[HH].[HH].[HH].[HH].[HH].[HH]. The van der Waals surface area contributed by atoms with Gasteiger partial charge in [0.15, 0.2) is 0 Å². The number of hydrogen-bond acceptors (Lipinski definition) is 14. The molecule has 6 amide bonds. The summed E-state index contributed by atoms with van der Waals surface area (Å²) in [4.78, 5) is 109. The highest BCUT2D eigenvalue weighted by atomic mass is 16.3. The molecule has 0 spiro atoms. The summed E-state index contributed by atoms with van der Waals surface area (Å²) < 4.78 is 0. The highest BCUT2D eigenvalue weighted by molar-refractivity contribution is 6.05. The molecule has 1 atom stereocenters. The van der Waals surface area contributed by atoms with Crippen molar-refractivity contribution in [3.63, 3.8) is 0 Å². The van der Waals surface area contributed by atoms with E-state index in [1.54, 1.807) is 86.7 Å². The smallest absolute Gasteiger partial charge is 0.276 e. The third-order valence-electron chi connectivity index (χ3n) is 15.8. The number of carbonyl (C=O) groups excluding carboxylic acids is 6. The number of nitrogens with one attached hydrogen (secondary N) is 4. The van der Waals surface area contributed by atoms with Gasteiger partial charge in [0.1, 0.15) is 17.1 Å². The molecule has 3 aromatic heterocycles. The van der Waals surface area contributed by atoms with Gasteiger partial charge >= 0.3 is 0 Å². The molecule has 6 aromatic carbocycles. The minimum absolute atomic E-state index is 0. The average molecular weight is 1230 g/mol. The van der Waals surface area contributed by atoms with Crippen LogP contribution in [0.25, 0.3) is 33.8 Å². The molecule has 0 radical (unpaired) electrons. The Labute approximate surface area is 538 Å². The largest absolute Gasteiger partial charge is 0.391 e. The molecule has 3 aliphatic heterocycles. The zero-order valence-electron chi connectivity index (χ0n) is 51.2. The van der Waals surface area contributed by atoms with Gasteiger partial charge in [0.25, 0.3) is 35.4 Å². The first-order valence-corrected chi connectivity index (χ1v) is 30.3. The zero-order valence-corrected chi connectivity index (χ0v) is 51.2. The second-order valence-corrected chi connectivity index (χ2v) is 22.5. The summed E-state index contributed by atoms with van der Waals surface area (Å²) in [6.45, 7) is 9.72. The Kier molecular flexibility index (Phi) is 20.9. The quantitative estimate of drug-likeness (QED) is 0.0719. The van der Waals surface area contributed by atoms with E-state index in [0.29, 0.717) is 93.0 Å². The van der Waals surface area contributed by atoms with Crippen LogP contribution < -0.4 is 21.3 Å². The van der Waals surface area contributed by atoms with Gasteiger partial charge in [0.05, 0.1) is 58.9 Å². The number of β-amino-alcohol motifs (C(OH)–C–C–N with tert-alkyl or cyclic N) is 1. The number of amides is 6. The van der Waals surface area contributed by atoms with Crippen LogP contribution in [0.4, 0.5) is 17.1 Å². The first-order valence-electron chi connectivity index (χ1n) is 30.3. The normalized spacial score (nSPS) is 14.6. The number of carbonyl (C=O) groups is 6. The van der Waals surface area contributed by atoms with E-state index in [9.17, 15) is 33.9 Å². The van der Waals surface area contributed by atoms with Gasteiger partial charge in [-0.05, 0) is 146 Å². The van der Waals surface area contributed by atoms with Gasteiger partial charge < -0.3 is 41.1 Å². The maximum atomic E-state index is 12.7. The minimum atomic E-state index is -0.467. The molecule has 0 saturated carbocycles. The lowest BCUT2D eigenvalue weighted by atomic mass is 10.0. The maximum absolute atomic E-state index is 12.7. The fourth-order valence-corrected chi connectivity index (χ4v) is 10.6. The molecule has 3 fully saturated rings. The molecule has 6 heterocycles. The van der Waals surface area contributed by atoms with Gasteiger partial charge in [-0.1, -0.05) is 91.0 Å². The molecular formula is C71H85N13O7. The van der Waals surface area contributed by atoms with Crippen LogP contribution in [0.1, 0.15) is 122 Å². The third kappa shape index (κ3) is 16.7. The van der Waals surface area contributed by atoms with E-state index in [0.717, 1.165) is 63.0 Å². The van der Waals surface area contributed by atoms with E-state index < -0.39 is 6.10 Å². The molecule has 476 valence electrons. The van der Waals surface area contributed by atoms with Gasteiger partial charge in [-0.25, -0.2) is 15.0 Å². The Hall–Kier alpha value is -10.7. The number of aryl methyl sites for hydroxylation is 3.